The second-order valence-electron chi connectivity index (χ2n) is 4.53. The molecular weight excluding hydrogens is 260 g/mol. The molecule has 3 rings (SSSR count). The number of aromatic nitrogens is 1. The second-order valence-corrected chi connectivity index (χ2v) is 5.39. The largest absolute Gasteiger partial charge is 0.399 e. The molecule has 98 valence electrons. The molecule has 0 radical (unpaired) electrons. The van der Waals surface area contributed by atoms with E-state index in [1.807, 2.05) is 29.6 Å². The Balaban J connectivity index is 1.68. The Labute approximate surface area is 114 Å². The van der Waals surface area contributed by atoms with Crippen molar-refractivity contribution in [1.82, 2.24) is 10.3 Å². The number of rotatable bonds is 3. The van der Waals surface area contributed by atoms with Gasteiger partial charge in [0.2, 0.25) is 0 Å². The van der Waals surface area contributed by atoms with Gasteiger partial charge in [-0.05, 0) is 25.0 Å². The number of nitrogen functional groups attached to an aromatic ring is 1. The molecule has 5 nitrogen and oxygen atoms in total. The number of carbonyl (C=O) groups is 1. The number of nitrogens with zero attached hydrogens (tertiary/aromatic N) is 1. The van der Waals surface area contributed by atoms with Gasteiger partial charge in [0.15, 0.2) is 5.13 Å². The van der Waals surface area contributed by atoms with E-state index in [-0.39, 0.29) is 6.03 Å². The van der Waals surface area contributed by atoms with E-state index in [0.717, 1.165) is 29.8 Å². The molecule has 0 spiro atoms. The number of hydrogen-bond donors (Lipinski definition) is 3. The Morgan fingerprint density at radius 1 is 1.32 bits per heavy atom. The molecule has 1 fully saturated rings. The van der Waals surface area contributed by atoms with Gasteiger partial charge in [-0.15, -0.1) is 11.3 Å². The van der Waals surface area contributed by atoms with Gasteiger partial charge in [-0.3, -0.25) is 5.32 Å². The van der Waals surface area contributed by atoms with Crippen LogP contribution in [0, 0.1) is 0 Å². The Morgan fingerprint density at radius 2 is 2.05 bits per heavy atom. The average Bonchev–Trinajstić information content (AvgIpc) is 3.07. The van der Waals surface area contributed by atoms with Crippen LogP contribution in [0.15, 0.2) is 29.6 Å². The summed E-state index contributed by atoms with van der Waals surface area (Å²) in [6.07, 6.45) is 2.14. The van der Waals surface area contributed by atoms with Gasteiger partial charge < -0.3 is 11.1 Å². The number of nitrogens with two attached hydrogens (primary N) is 1. The standard InChI is InChI=1S/C13H14N4OS/c14-9-3-1-8(2-4-9)11-7-19-13(16-11)17-12(18)15-10-5-6-10/h1-4,7,10H,5-6,14H2,(H2,15,16,17,18). The summed E-state index contributed by atoms with van der Waals surface area (Å²) in [6, 6.07) is 7.66. The van der Waals surface area contributed by atoms with Crippen LogP contribution in [0.3, 0.4) is 0 Å². The molecule has 0 saturated heterocycles. The number of hydrogen-bond acceptors (Lipinski definition) is 4. The lowest BCUT2D eigenvalue weighted by molar-refractivity contribution is 0.251. The highest BCUT2D eigenvalue weighted by molar-refractivity contribution is 7.14. The first-order chi connectivity index (χ1) is 9.20. The Hall–Kier alpha value is -2.08. The van der Waals surface area contributed by atoms with E-state index in [9.17, 15) is 4.79 Å². The van der Waals surface area contributed by atoms with E-state index in [4.69, 9.17) is 5.73 Å². The molecule has 1 aliphatic rings. The molecule has 0 atom stereocenters. The van der Waals surface area contributed by atoms with E-state index >= 15 is 0 Å². The molecule has 1 aromatic heterocycles. The fourth-order valence-electron chi connectivity index (χ4n) is 1.66. The number of thiazole rings is 1. The molecule has 1 aliphatic carbocycles. The average molecular weight is 274 g/mol. The van der Waals surface area contributed by atoms with Gasteiger partial charge in [-0.25, -0.2) is 9.78 Å². The van der Waals surface area contributed by atoms with Crippen LogP contribution in [0.4, 0.5) is 15.6 Å². The lowest BCUT2D eigenvalue weighted by atomic mass is 10.1. The van der Waals surface area contributed by atoms with Crippen LogP contribution in [0.2, 0.25) is 0 Å². The van der Waals surface area contributed by atoms with Crippen molar-refractivity contribution in [3.8, 4) is 11.3 Å². The van der Waals surface area contributed by atoms with Crippen LogP contribution in [0.25, 0.3) is 11.3 Å². The minimum absolute atomic E-state index is 0.180. The van der Waals surface area contributed by atoms with Gasteiger partial charge in [-0.2, -0.15) is 0 Å². The maximum atomic E-state index is 11.6. The minimum Gasteiger partial charge on any atom is -0.399 e. The SMILES string of the molecule is Nc1ccc(-c2csc(NC(=O)NC3CC3)n2)cc1. The fraction of sp³-hybridized carbons (Fsp3) is 0.231. The topological polar surface area (TPSA) is 80.0 Å². The van der Waals surface area contributed by atoms with E-state index in [1.165, 1.54) is 11.3 Å². The van der Waals surface area contributed by atoms with Crippen LogP contribution in [0.1, 0.15) is 12.8 Å². The van der Waals surface area contributed by atoms with Crippen LogP contribution in [-0.2, 0) is 0 Å². The van der Waals surface area contributed by atoms with Crippen molar-refractivity contribution in [3.63, 3.8) is 0 Å². The first-order valence-electron chi connectivity index (χ1n) is 6.10. The summed E-state index contributed by atoms with van der Waals surface area (Å²) in [5, 5.41) is 8.12. The summed E-state index contributed by atoms with van der Waals surface area (Å²) in [7, 11) is 0. The van der Waals surface area contributed by atoms with Crippen molar-refractivity contribution in [2.75, 3.05) is 11.1 Å². The monoisotopic (exact) mass is 274 g/mol. The van der Waals surface area contributed by atoms with Crippen molar-refractivity contribution >= 4 is 28.2 Å². The normalized spacial score (nSPS) is 14.1. The van der Waals surface area contributed by atoms with E-state index in [0.29, 0.717) is 11.2 Å². The maximum Gasteiger partial charge on any atom is 0.321 e. The highest BCUT2D eigenvalue weighted by Crippen LogP contribution is 2.25. The Morgan fingerprint density at radius 3 is 2.74 bits per heavy atom. The smallest absolute Gasteiger partial charge is 0.321 e. The molecule has 1 saturated carbocycles. The first kappa shape index (κ1) is 12.0. The molecule has 0 aliphatic heterocycles. The number of anilines is 2. The molecule has 19 heavy (non-hydrogen) atoms. The minimum atomic E-state index is -0.180. The molecule has 4 N–H and O–H groups in total. The van der Waals surface area contributed by atoms with Gasteiger partial charge in [0, 0.05) is 22.7 Å². The summed E-state index contributed by atoms with van der Waals surface area (Å²) >= 11 is 1.41. The van der Waals surface area contributed by atoms with Crippen LogP contribution >= 0.6 is 11.3 Å². The molecule has 0 unspecified atom stereocenters. The molecule has 6 heteroatoms. The fourth-order valence-corrected chi connectivity index (χ4v) is 2.38. The third kappa shape index (κ3) is 3.03. The second kappa shape index (κ2) is 4.89. The van der Waals surface area contributed by atoms with Gasteiger partial charge in [0.05, 0.1) is 5.69 Å². The number of carbonyl (C=O) groups excluding carboxylic acids is 1. The predicted molar refractivity (Wildman–Crippen MR) is 77.1 cm³/mol. The van der Waals surface area contributed by atoms with Crippen molar-refractivity contribution in [3.05, 3.63) is 29.6 Å². The van der Waals surface area contributed by atoms with Crippen LogP contribution < -0.4 is 16.4 Å². The van der Waals surface area contributed by atoms with Crippen LogP contribution in [0.5, 0.6) is 0 Å². The molecule has 2 amide bonds. The Kier molecular flexibility index (Phi) is 3.08. The number of amides is 2. The number of benzene rings is 1. The summed E-state index contributed by atoms with van der Waals surface area (Å²) in [5.74, 6) is 0. The molecule has 0 bridgehead atoms. The summed E-state index contributed by atoms with van der Waals surface area (Å²) in [5.41, 5.74) is 8.19. The number of urea groups is 1. The summed E-state index contributed by atoms with van der Waals surface area (Å²) in [4.78, 5) is 16.0. The van der Waals surface area contributed by atoms with Crippen LogP contribution in [-0.4, -0.2) is 17.1 Å². The Bertz CT molecular complexity index is 589. The third-order valence-electron chi connectivity index (χ3n) is 2.84. The van der Waals surface area contributed by atoms with E-state index in [2.05, 4.69) is 15.6 Å². The zero-order valence-electron chi connectivity index (χ0n) is 10.2. The van der Waals surface area contributed by atoms with Gasteiger partial charge >= 0.3 is 6.03 Å². The zero-order valence-corrected chi connectivity index (χ0v) is 11.0. The molecule has 2 aromatic rings. The van der Waals surface area contributed by atoms with Gasteiger partial charge in [-0.1, -0.05) is 12.1 Å². The lowest BCUT2D eigenvalue weighted by Gasteiger charge is -2.02. The lowest BCUT2D eigenvalue weighted by Crippen LogP contribution is -2.30. The highest BCUT2D eigenvalue weighted by Gasteiger charge is 2.23. The van der Waals surface area contributed by atoms with Crippen molar-refractivity contribution in [2.45, 2.75) is 18.9 Å². The van der Waals surface area contributed by atoms with Crippen molar-refractivity contribution < 1.29 is 4.79 Å². The van der Waals surface area contributed by atoms with Crippen molar-refractivity contribution in [1.29, 1.82) is 0 Å². The highest BCUT2D eigenvalue weighted by atomic mass is 32.1. The molecule has 1 aromatic carbocycles. The van der Waals surface area contributed by atoms with Gasteiger partial charge in [0.1, 0.15) is 0 Å². The summed E-state index contributed by atoms with van der Waals surface area (Å²) in [6.45, 7) is 0. The van der Waals surface area contributed by atoms with Crippen molar-refractivity contribution in [2.24, 2.45) is 0 Å². The zero-order chi connectivity index (χ0) is 13.2. The quantitative estimate of drug-likeness (QED) is 0.753. The predicted octanol–water partition coefficient (Wildman–Crippen LogP) is 2.68. The van der Waals surface area contributed by atoms with E-state index in [1.54, 1.807) is 0 Å². The maximum absolute atomic E-state index is 11.6. The molecular formula is C13H14N4OS. The number of nitrogens with one attached hydrogen (secondary N) is 2. The van der Waals surface area contributed by atoms with Gasteiger partial charge in [0.25, 0.3) is 0 Å². The first-order valence-corrected chi connectivity index (χ1v) is 6.97. The van der Waals surface area contributed by atoms with E-state index < -0.39 is 0 Å². The summed E-state index contributed by atoms with van der Waals surface area (Å²) < 4.78 is 0. The molecule has 1 heterocycles. The third-order valence-corrected chi connectivity index (χ3v) is 3.60.